The van der Waals surface area contributed by atoms with Crippen molar-refractivity contribution in [3.8, 4) is 0 Å². The van der Waals surface area contributed by atoms with Gasteiger partial charge < -0.3 is 5.32 Å². The molecule has 26 heavy (non-hydrogen) atoms. The average Bonchev–Trinajstić information content (AvgIpc) is 2.51. The number of carbonyl (C=O) groups is 1. The maximum Gasteiger partial charge on any atom is 0.275 e. The molecular formula is C15H13ClFN3O5S. The predicted molar refractivity (Wildman–Crippen MR) is 94.4 cm³/mol. The van der Waals surface area contributed by atoms with Gasteiger partial charge in [-0.25, -0.2) is 12.8 Å². The number of rotatable bonds is 5. The van der Waals surface area contributed by atoms with Crippen LogP contribution < -0.4 is 10.0 Å². The molecule has 0 atom stereocenters. The lowest BCUT2D eigenvalue weighted by Crippen LogP contribution is -2.14. The van der Waals surface area contributed by atoms with E-state index < -0.39 is 37.3 Å². The Labute approximate surface area is 153 Å². The number of nitrogens with one attached hydrogen (secondary N) is 2. The number of nitro groups is 1. The normalized spacial score (nSPS) is 11.1. The third kappa shape index (κ3) is 4.27. The van der Waals surface area contributed by atoms with Crippen LogP contribution in [-0.4, -0.2) is 19.2 Å². The minimum Gasteiger partial charge on any atom is -0.324 e. The van der Waals surface area contributed by atoms with Crippen LogP contribution in [0.3, 0.4) is 0 Å². The molecule has 0 aromatic heterocycles. The molecule has 0 saturated carbocycles. The molecule has 0 spiro atoms. The van der Waals surface area contributed by atoms with E-state index in [1.165, 1.54) is 13.8 Å². The van der Waals surface area contributed by atoms with Crippen LogP contribution in [0.25, 0.3) is 0 Å². The first-order valence-electron chi connectivity index (χ1n) is 7.06. The number of hydrogen-bond acceptors (Lipinski definition) is 5. The largest absolute Gasteiger partial charge is 0.324 e. The van der Waals surface area contributed by atoms with Gasteiger partial charge in [-0.05, 0) is 31.2 Å². The van der Waals surface area contributed by atoms with E-state index in [9.17, 15) is 27.7 Å². The molecule has 138 valence electrons. The number of halogens is 2. The molecular weight excluding hydrogens is 389 g/mol. The van der Waals surface area contributed by atoms with Crippen molar-refractivity contribution in [2.24, 2.45) is 0 Å². The van der Waals surface area contributed by atoms with E-state index in [0.717, 1.165) is 30.3 Å². The molecule has 0 unspecified atom stereocenters. The Morgan fingerprint density at radius 2 is 1.92 bits per heavy atom. The summed E-state index contributed by atoms with van der Waals surface area (Å²) in [6.07, 6.45) is 0. The first-order valence-corrected chi connectivity index (χ1v) is 8.92. The molecule has 0 aliphatic heterocycles. The van der Waals surface area contributed by atoms with Crippen LogP contribution >= 0.6 is 11.6 Å². The van der Waals surface area contributed by atoms with Crippen LogP contribution in [0.4, 0.5) is 21.5 Å². The highest BCUT2D eigenvalue weighted by Gasteiger charge is 2.23. The summed E-state index contributed by atoms with van der Waals surface area (Å²) in [5, 5.41) is 13.2. The Morgan fingerprint density at radius 1 is 1.27 bits per heavy atom. The second-order valence-electron chi connectivity index (χ2n) is 5.29. The molecule has 0 bridgehead atoms. The van der Waals surface area contributed by atoms with Crippen molar-refractivity contribution >= 4 is 44.6 Å². The molecule has 1 amide bonds. The van der Waals surface area contributed by atoms with Crippen LogP contribution in [0.15, 0.2) is 35.2 Å². The van der Waals surface area contributed by atoms with Gasteiger partial charge in [0, 0.05) is 18.6 Å². The van der Waals surface area contributed by atoms with E-state index in [1.54, 1.807) is 0 Å². The number of sulfonamides is 1. The number of hydrogen-bond donors (Lipinski definition) is 2. The summed E-state index contributed by atoms with van der Waals surface area (Å²) in [5.74, 6) is -1.29. The molecule has 0 radical (unpaired) electrons. The number of anilines is 2. The van der Waals surface area contributed by atoms with E-state index >= 15 is 0 Å². The molecule has 2 rings (SSSR count). The number of amides is 1. The van der Waals surface area contributed by atoms with Crippen LogP contribution in [-0.2, 0) is 14.8 Å². The standard InChI is InChI=1S/C15H13ClFN3O5S/c1-8-12(16)6-11(7-15(8)20(22)23)26(24,25)19-10-3-4-13(17)14(5-10)18-9(2)21/h3-7,19H,1-2H3,(H,18,21). The molecule has 0 heterocycles. The van der Waals surface area contributed by atoms with Gasteiger partial charge >= 0.3 is 0 Å². The molecule has 0 aliphatic carbocycles. The Hall–Kier alpha value is -2.72. The second-order valence-corrected chi connectivity index (χ2v) is 7.38. The van der Waals surface area contributed by atoms with E-state index in [2.05, 4.69) is 10.0 Å². The third-order valence-corrected chi connectivity index (χ3v) is 5.08. The van der Waals surface area contributed by atoms with Crippen LogP contribution in [0.5, 0.6) is 0 Å². The fourth-order valence-corrected chi connectivity index (χ4v) is 3.45. The molecule has 2 N–H and O–H groups in total. The van der Waals surface area contributed by atoms with Crippen molar-refractivity contribution in [2.45, 2.75) is 18.7 Å². The molecule has 0 aliphatic rings. The molecule has 2 aromatic carbocycles. The van der Waals surface area contributed by atoms with Gasteiger partial charge in [-0.15, -0.1) is 0 Å². The number of nitrogens with zero attached hydrogens (tertiary/aromatic N) is 1. The summed E-state index contributed by atoms with van der Waals surface area (Å²) in [6, 6.07) is 5.14. The third-order valence-electron chi connectivity index (χ3n) is 3.33. The lowest BCUT2D eigenvalue weighted by Gasteiger charge is -2.11. The number of carbonyl (C=O) groups excluding carboxylic acids is 1. The van der Waals surface area contributed by atoms with E-state index in [4.69, 9.17) is 11.6 Å². The quantitative estimate of drug-likeness (QED) is 0.587. The average molecular weight is 402 g/mol. The van der Waals surface area contributed by atoms with Crippen molar-refractivity contribution in [1.29, 1.82) is 0 Å². The Kier molecular flexibility index (Phi) is 5.47. The SMILES string of the molecule is CC(=O)Nc1cc(NS(=O)(=O)c2cc(Cl)c(C)c([N+](=O)[O-])c2)ccc1F. The predicted octanol–water partition coefficient (Wildman–Crippen LogP) is 3.45. The fraction of sp³-hybridized carbons (Fsp3) is 0.133. The smallest absolute Gasteiger partial charge is 0.275 e. The van der Waals surface area contributed by atoms with Crippen molar-refractivity contribution in [2.75, 3.05) is 10.0 Å². The Bertz CT molecular complexity index is 1010. The van der Waals surface area contributed by atoms with Crippen molar-refractivity contribution in [3.63, 3.8) is 0 Å². The lowest BCUT2D eigenvalue weighted by molar-refractivity contribution is -0.385. The van der Waals surface area contributed by atoms with Gasteiger partial charge in [0.05, 0.1) is 26.2 Å². The summed E-state index contributed by atoms with van der Waals surface area (Å²) in [6.45, 7) is 2.56. The highest BCUT2D eigenvalue weighted by Crippen LogP contribution is 2.31. The summed E-state index contributed by atoms with van der Waals surface area (Å²) in [5.41, 5.74) is -0.582. The second kappa shape index (κ2) is 7.26. The van der Waals surface area contributed by atoms with Gasteiger partial charge in [0.25, 0.3) is 15.7 Å². The molecule has 2 aromatic rings. The molecule has 0 fully saturated rings. The maximum atomic E-state index is 13.6. The number of nitro benzene ring substituents is 1. The zero-order chi connectivity index (χ0) is 19.6. The van der Waals surface area contributed by atoms with E-state index in [-0.39, 0.29) is 22.0 Å². The van der Waals surface area contributed by atoms with Gasteiger partial charge in [0.1, 0.15) is 5.82 Å². The number of benzene rings is 2. The Balaban J connectivity index is 2.44. The highest BCUT2D eigenvalue weighted by atomic mass is 35.5. The van der Waals surface area contributed by atoms with Crippen molar-refractivity contribution < 1.29 is 22.5 Å². The zero-order valence-electron chi connectivity index (χ0n) is 13.5. The zero-order valence-corrected chi connectivity index (χ0v) is 15.1. The minimum absolute atomic E-state index is 0.0468. The summed E-state index contributed by atoms with van der Waals surface area (Å²) in [4.78, 5) is 20.9. The summed E-state index contributed by atoms with van der Waals surface area (Å²) >= 11 is 5.88. The molecule has 0 saturated heterocycles. The summed E-state index contributed by atoms with van der Waals surface area (Å²) in [7, 11) is -4.24. The van der Waals surface area contributed by atoms with Gasteiger partial charge in [-0.2, -0.15) is 0 Å². The highest BCUT2D eigenvalue weighted by molar-refractivity contribution is 7.92. The van der Waals surface area contributed by atoms with Crippen molar-refractivity contribution in [1.82, 2.24) is 0 Å². The minimum atomic E-state index is -4.24. The van der Waals surface area contributed by atoms with Crippen molar-refractivity contribution in [3.05, 3.63) is 56.8 Å². The Morgan fingerprint density at radius 3 is 2.50 bits per heavy atom. The van der Waals surface area contributed by atoms with E-state index in [1.807, 2.05) is 0 Å². The summed E-state index contributed by atoms with van der Waals surface area (Å²) < 4.78 is 40.8. The molecule has 11 heteroatoms. The van der Waals surface area contributed by atoms with Crippen LogP contribution in [0.2, 0.25) is 5.02 Å². The topological polar surface area (TPSA) is 118 Å². The first-order chi connectivity index (χ1) is 12.0. The maximum absolute atomic E-state index is 13.6. The van der Waals surface area contributed by atoms with Gasteiger partial charge in [-0.1, -0.05) is 11.6 Å². The molecule has 8 nitrogen and oxygen atoms in total. The van der Waals surface area contributed by atoms with Gasteiger partial charge in [0.15, 0.2) is 0 Å². The lowest BCUT2D eigenvalue weighted by atomic mass is 10.2. The van der Waals surface area contributed by atoms with Crippen LogP contribution in [0, 0.1) is 22.9 Å². The first kappa shape index (κ1) is 19.6. The fourth-order valence-electron chi connectivity index (χ4n) is 2.07. The van der Waals surface area contributed by atoms with E-state index in [0.29, 0.717) is 0 Å². The van der Waals surface area contributed by atoms with Crippen LogP contribution in [0.1, 0.15) is 12.5 Å². The monoisotopic (exact) mass is 401 g/mol. The van der Waals surface area contributed by atoms with Gasteiger partial charge in [0.2, 0.25) is 5.91 Å². The van der Waals surface area contributed by atoms with Gasteiger partial charge in [-0.3, -0.25) is 19.6 Å².